The predicted octanol–water partition coefficient (Wildman–Crippen LogP) is 0.465. The monoisotopic (exact) mass is 243 g/mol. The SMILES string of the molecule is CS(=O)(=O)C1CCCC1NCc1cn[nH]c1. The van der Waals surface area contributed by atoms with Crippen molar-refractivity contribution < 1.29 is 8.42 Å². The molecule has 0 bridgehead atoms. The van der Waals surface area contributed by atoms with Crippen molar-refractivity contribution in [3.63, 3.8) is 0 Å². The minimum atomic E-state index is -2.93. The molecule has 1 heterocycles. The van der Waals surface area contributed by atoms with Crippen LogP contribution in [0.15, 0.2) is 12.4 Å². The van der Waals surface area contributed by atoms with E-state index >= 15 is 0 Å². The van der Waals surface area contributed by atoms with Crippen LogP contribution in [0, 0.1) is 0 Å². The molecule has 1 aromatic heterocycles. The lowest BCUT2D eigenvalue weighted by Crippen LogP contribution is -2.39. The van der Waals surface area contributed by atoms with E-state index in [0.717, 1.165) is 24.8 Å². The average Bonchev–Trinajstić information content (AvgIpc) is 2.85. The molecular formula is C10H17N3O2S. The molecule has 1 aromatic rings. The van der Waals surface area contributed by atoms with Crippen LogP contribution in [0.5, 0.6) is 0 Å². The van der Waals surface area contributed by atoms with E-state index in [4.69, 9.17) is 0 Å². The second-order valence-electron chi connectivity index (χ2n) is 4.39. The zero-order valence-electron chi connectivity index (χ0n) is 9.31. The normalized spacial score (nSPS) is 26.1. The lowest BCUT2D eigenvalue weighted by Gasteiger charge is -2.18. The minimum absolute atomic E-state index is 0.0879. The maximum Gasteiger partial charge on any atom is 0.151 e. The summed E-state index contributed by atoms with van der Waals surface area (Å²) in [5.41, 5.74) is 1.05. The van der Waals surface area contributed by atoms with Crippen molar-refractivity contribution in [3.05, 3.63) is 18.0 Å². The van der Waals surface area contributed by atoms with Crippen molar-refractivity contribution in [2.75, 3.05) is 6.26 Å². The van der Waals surface area contributed by atoms with E-state index in [-0.39, 0.29) is 11.3 Å². The van der Waals surface area contributed by atoms with Crippen LogP contribution >= 0.6 is 0 Å². The van der Waals surface area contributed by atoms with Crippen LogP contribution in [0.25, 0.3) is 0 Å². The summed E-state index contributed by atoms with van der Waals surface area (Å²) < 4.78 is 23.1. The van der Waals surface area contributed by atoms with Gasteiger partial charge in [0.2, 0.25) is 0 Å². The highest BCUT2D eigenvalue weighted by Crippen LogP contribution is 2.25. The summed E-state index contributed by atoms with van der Waals surface area (Å²) in [6.07, 6.45) is 7.60. The van der Waals surface area contributed by atoms with Crippen molar-refractivity contribution in [2.45, 2.75) is 37.1 Å². The molecular weight excluding hydrogens is 226 g/mol. The molecule has 0 aromatic carbocycles. The van der Waals surface area contributed by atoms with Gasteiger partial charge in [0.05, 0.1) is 11.4 Å². The molecule has 1 aliphatic rings. The van der Waals surface area contributed by atoms with Crippen molar-refractivity contribution in [1.29, 1.82) is 0 Å². The molecule has 2 N–H and O–H groups in total. The van der Waals surface area contributed by atoms with Crippen molar-refractivity contribution in [2.24, 2.45) is 0 Å². The Hall–Kier alpha value is -0.880. The molecule has 0 aliphatic heterocycles. The summed E-state index contributed by atoms with van der Waals surface area (Å²) in [5.74, 6) is 0. The molecule has 5 nitrogen and oxygen atoms in total. The summed E-state index contributed by atoms with van der Waals surface area (Å²) in [7, 11) is -2.93. The Morgan fingerprint density at radius 3 is 3.00 bits per heavy atom. The quantitative estimate of drug-likeness (QED) is 0.806. The number of aromatic nitrogens is 2. The first-order valence-corrected chi connectivity index (χ1v) is 7.43. The van der Waals surface area contributed by atoms with Crippen LogP contribution in [-0.4, -0.2) is 36.2 Å². The molecule has 16 heavy (non-hydrogen) atoms. The first-order chi connectivity index (χ1) is 7.57. The Balaban J connectivity index is 1.94. The molecule has 0 amide bonds. The zero-order valence-corrected chi connectivity index (χ0v) is 10.1. The highest BCUT2D eigenvalue weighted by Gasteiger charge is 2.34. The molecule has 2 atom stereocenters. The third-order valence-electron chi connectivity index (χ3n) is 3.13. The lowest BCUT2D eigenvalue weighted by atomic mass is 10.2. The van der Waals surface area contributed by atoms with Gasteiger partial charge in [0.1, 0.15) is 0 Å². The summed E-state index contributed by atoms with van der Waals surface area (Å²) >= 11 is 0. The van der Waals surface area contributed by atoms with Crippen LogP contribution in [-0.2, 0) is 16.4 Å². The first kappa shape index (κ1) is 11.6. The Labute approximate surface area is 95.6 Å². The fraction of sp³-hybridized carbons (Fsp3) is 0.700. The number of sulfone groups is 1. The minimum Gasteiger partial charge on any atom is -0.309 e. The van der Waals surface area contributed by atoms with Gasteiger partial charge in [-0.25, -0.2) is 8.42 Å². The van der Waals surface area contributed by atoms with Gasteiger partial charge >= 0.3 is 0 Å². The van der Waals surface area contributed by atoms with Gasteiger partial charge in [0, 0.05) is 30.6 Å². The Bertz CT molecular complexity index is 427. The molecule has 1 aliphatic carbocycles. The highest BCUT2D eigenvalue weighted by atomic mass is 32.2. The van der Waals surface area contributed by atoms with Gasteiger partial charge < -0.3 is 5.32 Å². The number of aromatic amines is 1. The molecule has 0 radical (unpaired) electrons. The molecule has 6 heteroatoms. The fourth-order valence-corrected chi connectivity index (χ4v) is 3.72. The Morgan fingerprint density at radius 1 is 1.56 bits per heavy atom. The second kappa shape index (κ2) is 4.55. The van der Waals surface area contributed by atoms with E-state index in [1.54, 1.807) is 6.20 Å². The van der Waals surface area contributed by atoms with Crippen LogP contribution in [0.4, 0.5) is 0 Å². The largest absolute Gasteiger partial charge is 0.309 e. The number of hydrogen-bond acceptors (Lipinski definition) is 4. The van der Waals surface area contributed by atoms with Gasteiger partial charge in [-0.1, -0.05) is 6.42 Å². The van der Waals surface area contributed by atoms with Crippen LogP contribution in [0.2, 0.25) is 0 Å². The lowest BCUT2D eigenvalue weighted by molar-refractivity contribution is 0.507. The molecule has 1 fully saturated rings. The van der Waals surface area contributed by atoms with E-state index in [1.807, 2.05) is 6.20 Å². The summed E-state index contributed by atoms with van der Waals surface area (Å²) in [6, 6.07) is 0.0879. The van der Waals surface area contributed by atoms with Gasteiger partial charge in [0.15, 0.2) is 9.84 Å². The number of nitrogens with one attached hydrogen (secondary N) is 2. The van der Waals surface area contributed by atoms with Gasteiger partial charge in [-0.3, -0.25) is 5.10 Å². The summed E-state index contributed by atoms with van der Waals surface area (Å²) in [6.45, 7) is 0.674. The van der Waals surface area contributed by atoms with E-state index in [0.29, 0.717) is 6.54 Å². The van der Waals surface area contributed by atoms with E-state index in [2.05, 4.69) is 15.5 Å². The van der Waals surface area contributed by atoms with Gasteiger partial charge in [-0.05, 0) is 12.8 Å². The average molecular weight is 243 g/mol. The molecule has 0 saturated heterocycles. The molecule has 90 valence electrons. The third kappa shape index (κ3) is 2.62. The topological polar surface area (TPSA) is 74.8 Å². The van der Waals surface area contributed by atoms with Crippen LogP contribution < -0.4 is 5.32 Å². The number of rotatable bonds is 4. The summed E-state index contributed by atoms with van der Waals surface area (Å²) in [5, 5.41) is 9.67. The van der Waals surface area contributed by atoms with Gasteiger partial charge in [-0.15, -0.1) is 0 Å². The molecule has 0 spiro atoms. The van der Waals surface area contributed by atoms with E-state index in [1.165, 1.54) is 6.26 Å². The smallest absolute Gasteiger partial charge is 0.151 e. The molecule has 1 saturated carbocycles. The molecule has 2 rings (SSSR count). The summed E-state index contributed by atoms with van der Waals surface area (Å²) in [4.78, 5) is 0. The Morgan fingerprint density at radius 2 is 2.38 bits per heavy atom. The maximum atomic E-state index is 11.5. The number of nitrogens with zero attached hydrogens (tertiary/aromatic N) is 1. The molecule has 2 unspecified atom stereocenters. The van der Waals surface area contributed by atoms with E-state index in [9.17, 15) is 8.42 Å². The fourth-order valence-electron chi connectivity index (χ4n) is 2.30. The zero-order chi connectivity index (χ0) is 11.6. The van der Waals surface area contributed by atoms with Gasteiger partial charge in [-0.2, -0.15) is 5.10 Å². The van der Waals surface area contributed by atoms with Gasteiger partial charge in [0.25, 0.3) is 0 Å². The van der Waals surface area contributed by atoms with Crippen LogP contribution in [0.1, 0.15) is 24.8 Å². The third-order valence-corrected chi connectivity index (χ3v) is 4.79. The number of hydrogen-bond donors (Lipinski definition) is 2. The van der Waals surface area contributed by atoms with Crippen molar-refractivity contribution >= 4 is 9.84 Å². The second-order valence-corrected chi connectivity index (χ2v) is 6.66. The standard InChI is InChI=1S/C10H17N3O2S/c1-16(14,15)10-4-2-3-9(10)11-5-8-6-12-13-7-8/h6-7,9-11H,2-5H2,1H3,(H,12,13). The number of H-pyrrole nitrogens is 1. The highest BCUT2D eigenvalue weighted by molar-refractivity contribution is 7.91. The van der Waals surface area contributed by atoms with Crippen molar-refractivity contribution in [1.82, 2.24) is 15.5 Å². The van der Waals surface area contributed by atoms with Crippen molar-refractivity contribution in [3.8, 4) is 0 Å². The Kier molecular flexibility index (Phi) is 3.30. The maximum absolute atomic E-state index is 11.5. The predicted molar refractivity (Wildman–Crippen MR) is 61.7 cm³/mol. The first-order valence-electron chi connectivity index (χ1n) is 5.47. The van der Waals surface area contributed by atoms with Crippen LogP contribution in [0.3, 0.4) is 0 Å². The van der Waals surface area contributed by atoms with E-state index < -0.39 is 9.84 Å².